The zero-order valence-corrected chi connectivity index (χ0v) is 15.6. The molecule has 2 aromatic rings. The van der Waals surface area contributed by atoms with Crippen LogP contribution in [0, 0.1) is 0 Å². The van der Waals surface area contributed by atoms with Gasteiger partial charge in [0.1, 0.15) is 11.6 Å². The van der Waals surface area contributed by atoms with Crippen LogP contribution in [0.2, 0.25) is 0 Å². The van der Waals surface area contributed by atoms with Gasteiger partial charge in [-0.1, -0.05) is 48.5 Å². The van der Waals surface area contributed by atoms with E-state index < -0.39 is 11.6 Å². The number of carbonyl (C=O) groups excluding carboxylic acids is 2. The predicted octanol–water partition coefficient (Wildman–Crippen LogP) is 2.75. The van der Waals surface area contributed by atoms with Crippen molar-refractivity contribution < 1.29 is 9.59 Å². The summed E-state index contributed by atoms with van der Waals surface area (Å²) in [5, 5.41) is 3.36. The molecule has 0 aliphatic carbocycles. The highest BCUT2D eigenvalue weighted by Crippen LogP contribution is 2.41. The molecule has 2 aromatic carbocycles. The first-order chi connectivity index (χ1) is 13.1. The van der Waals surface area contributed by atoms with E-state index in [0.717, 1.165) is 37.2 Å². The van der Waals surface area contributed by atoms with E-state index >= 15 is 0 Å². The Labute approximate surface area is 160 Å². The number of rotatable bonds is 4. The van der Waals surface area contributed by atoms with Gasteiger partial charge in [0.05, 0.1) is 6.67 Å². The molecular formula is C22H25N3O2. The highest BCUT2D eigenvalue weighted by molar-refractivity contribution is 5.97. The van der Waals surface area contributed by atoms with Gasteiger partial charge >= 0.3 is 0 Å². The van der Waals surface area contributed by atoms with Crippen LogP contribution in [-0.2, 0) is 9.59 Å². The number of piperidine rings is 1. The maximum absolute atomic E-state index is 13.7. The summed E-state index contributed by atoms with van der Waals surface area (Å²) in [5.41, 5.74) is 1.33. The Bertz CT molecular complexity index is 816. The van der Waals surface area contributed by atoms with Crippen molar-refractivity contribution >= 4 is 17.4 Å². The van der Waals surface area contributed by atoms with Crippen LogP contribution >= 0.6 is 0 Å². The molecule has 0 saturated carbocycles. The van der Waals surface area contributed by atoms with Gasteiger partial charge < -0.3 is 15.1 Å². The standard InChI is InChI=1S/C22H25N3O2/c1-17(26)20(18-8-4-2-5-9-18)24-16-25(19-10-6-3-7-11-19)22(21(24)27)12-14-23-15-13-22/h2-11,20,23H,12-16H2,1H3/t20-/m1/s1. The van der Waals surface area contributed by atoms with Gasteiger partial charge in [0.2, 0.25) is 0 Å². The van der Waals surface area contributed by atoms with Crippen LogP contribution in [0.1, 0.15) is 31.4 Å². The largest absolute Gasteiger partial charge is 0.339 e. The van der Waals surface area contributed by atoms with Crippen LogP contribution < -0.4 is 10.2 Å². The van der Waals surface area contributed by atoms with E-state index in [0.29, 0.717) is 6.67 Å². The van der Waals surface area contributed by atoms with Crippen LogP contribution in [0.15, 0.2) is 60.7 Å². The number of para-hydroxylation sites is 1. The van der Waals surface area contributed by atoms with Crippen LogP contribution in [0.5, 0.6) is 0 Å². The van der Waals surface area contributed by atoms with Crippen molar-refractivity contribution in [2.75, 3.05) is 24.7 Å². The lowest BCUT2D eigenvalue weighted by Crippen LogP contribution is -2.55. The van der Waals surface area contributed by atoms with Crippen molar-refractivity contribution in [3.63, 3.8) is 0 Å². The van der Waals surface area contributed by atoms with Crippen molar-refractivity contribution in [3.8, 4) is 0 Å². The Morgan fingerprint density at radius 1 is 1.00 bits per heavy atom. The molecule has 1 atom stereocenters. The summed E-state index contributed by atoms with van der Waals surface area (Å²) in [6.07, 6.45) is 1.49. The first-order valence-electron chi connectivity index (χ1n) is 9.53. The molecule has 5 heteroatoms. The van der Waals surface area contributed by atoms with Crippen molar-refractivity contribution in [1.29, 1.82) is 0 Å². The molecule has 2 aliphatic rings. The fourth-order valence-electron chi connectivity index (χ4n) is 4.46. The predicted molar refractivity (Wildman–Crippen MR) is 105 cm³/mol. The van der Waals surface area contributed by atoms with Gasteiger partial charge in [-0.15, -0.1) is 0 Å². The first-order valence-corrected chi connectivity index (χ1v) is 9.53. The quantitative estimate of drug-likeness (QED) is 0.908. The number of nitrogens with one attached hydrogen (secondary N) is 1. The van der Waals surface area contributed by atoms with Gasteiger partial charge in [0.25, 0.3) is 5.91 Å². The van der Waals surface area contributed by atoms with Crippen molar-refractivity contribution in [1.82, 2.24) is 10.2 Å². The molecule has 2 aliphatic heterocycles. The normalized spacial score (nSPS) is 20.1. The Balaban J connectivity index is 1.76. The molecule has 0 aromatic heterocycles. The Morgan fingerprint density at radius 2 is 1.59 bits per heavy atom. The highest BCUT2D eigenvalue weighted by atomic mass is 16.2. The summed E-state index contributed by atoms with van der Waals surface area (Å²) >= 11 is 0. The number of anilines is 1. The van der Waals surface area contributed by atoms with E-state index in [1.54, 1.807) is 11.8 Å². The summed E-state index contributed by atoms with van der Waals surface area (Å²) in [6.45, 7) is 3.62. The topological polar surface area (TPSA) is 52.7 Å². The summed E-state index contributed by atoms with van der Waals surface area (Å²) in [6, 6.07) is 19.2. The highest BCUT2D eigenvalue weighted by Gasteiger charge is 2.54. The van der Waals surface area contributed by atoms with Crippen LogP contribution in [-0.4, -0.2) is 41.9 Å². The van der Waals surface area contributed by atoms with Crippen LogP contribution in [0.3, 0.4) is 0 Å². The number of hydrogen-bond acceptors (Lipinski definition) is 4. The number of ketones is 1. The van der Waals surface area contributed by atoms with Crippen molar-refractivity contribution in [3.05, 3.63) is 66.2 Å². The third kappa shape index (κ3) is 3.02. The van der Waals surface area contributed by atoms with Gasteiger partial charge in [-0.25, -0.2) is 0 Å². The minimum Gasteiger partial charge on any atom is -0.339 e. The van der Waals surface area contributed by atoms with E-state index in [2.05, 4.69) is 10.2 Å². The zero-order valence-electron chi connectivity index (χ0n) is 15.6. The SMILES string of the molecule is CC(=O)[C@H](c1ccccc1)N1CN(c2ccccc2)C2(CCNCC2)C1=O. The fraction of sp³-hybridized carbons (Fsp3) is 0.364. The third-order valence-corrected chi connectivity index (χ3v) is 5.78. The molecule has 0 bridgehead atoms. The second-order valence-corrected chi connectivity index (χ2v) is 7.39. The van der Waals surface area contributed by atoms with E-state index in [4.69, 9.17) is 0 Å². The van der Waals surface area contributed by atoms with Gasteiger partial charge in [-0.3, -0.25) is 9.59 Å². The molecule has 27 heavy (non-hydrogen) atoms. The number of benzene rings is 2. The second kappa shape index (κ2) is 7.16. The molecule has 5 nitrogen and oxygen atoms in total. The molecule has 0 unspecified atom stereocenters. The lowest BCUT2D eigenvalue weighted by molar-refractivity contribution is -0.139. The lowest BCUT2D eigenvalue weighted by atomic mass is 9.86. The average Bonchev–Trinajstić information content (AvgIpc) is 2.96. The molecule has 1 amide bonds. The number of hydrogen-bond donors (Lipinski definition) is 1. The number of Topliss-reactive ketones (excluding diaryl/α,β-unsaturated/α-hetero) is 1. The number of nitrogens with zero attached hydrogens (tertiary/aromatic N) is 2. The second-order valence-electron chi connectivity index (χ2n) is 7.39. The first kappa shape index (κ1) is 17.7. The molecule has 2 saturated heterocycles. The van der Waals surface area contributed by atoms with Crippen LogP contribution in [0.4, 0.5) is 5.69 Å². The summed E-state index contributed by atoms with van der Waals surface area (Å²) in [7, 11) is 0. The average molecular weight is 363 g/mol. The van der Waals surface area contributed by atoms with Gasteiger partial charge in [-0.05, 0) is 50.6 Å². The Morgan fingerprint density at radius 3 is 2.19 bits per heavy atom. The molecule has 1 spiro atoms. The summed E-state index contributed by atoms with van der Waals surface area (Å²) < 4.78 is 0. The smallest absolute Gasteiger partial charge is 0.250 e. The molecule has 1 N–H and O–H groups in total. The van der Waals surface area contributed by atoms with E-state index in [1.807, 2.05) is 60.7 Å². The molecule has 2 heterocycles. The zero-order chi connectivity index (χ0) is 18.9. The van der Waals surface area contributed by atoms with Crippen molar-refractivity contribution in [2.45, 2.75) is 31.3 Å². The van der Waals surface area contributed by atoms with Crippen molar-refractivity contribution in [2.24, 2.45) is 0 Å². The number of amides is 1. The minimum absolute atomic E-state index is 0.00598. The molecule has 0 radical (unpaired) electrons. The molecule has 140 valence electrons. The maximum Gasteiger partial charge on any atom is 0.250 e. The minimum atomic E-state index is -0.574. The van der Waals surface area contributed by atoms with Crippen LogP contribution in [0.25, 0.3) is 0 Å². The fourth-order valence-corrected chi connectivity index (χ4v) is 4.46. The number of carbonyl (C=O) groups is 2. The molecular weight excluding hydrogens is 338 g/mol. The van der Waals surface area contributed by atoms with Gasteiger partial charge in [-0.2, -0.15) is 0 Å². The van der Waals surface area contributed by atoms with E-state index in [9.17, 15) is 9.59 Å². The lowest BCUT2D eigenvalue weighted by Gasteiger charge is -2.40. The maximum atomic E-state index is 13.7. The molecule has 4 rings (SSSR count). The van der Waals surface area contributed by atoms with Gasteiger partial charge in [0, 0.05) is 5.69 Å². The van der Waals surface area contributed by atoms with E-state index in [-0.39, 0.29) is 11.7 Å². The van der Waals surface area contributed by atoms with Gasteiger partial charge in [0.15, 0.2) is 5.78 Å². The Kier molecular flexibility index (Phi) is 4.70. The molecule has 2 fully saturated rings. The summed E-state index contributed by atoms with van der Waals surface area (Å²) in [4.78, 5) is 30.2. The third-order valence-electron chi connectivity index (χ3n) is 5.78. The van der Waals surface area contributed by atoms with E-state index in [1.165, 1.54) is 0 Å². The summed E-state index contributed by atoms with van der Waals surface area (Å²) in [5.74, 6) is 0.0606. The monoisotopic (exact) mass is 363 g/mol. The Hall–Kier alpha value is -2.66.